The van der Waals surface area contributed by atoms with Crippen LogP contribution in [0.4, 0.5) is 5.69 Å². The molecule has 1 unspecified atom stereocenters. The molecule has 1 saturated heterocycles. The molecule has 0 radical (unpaired) electrons. The fraction of sp³-hybridized carbons (Fsp3) is 0.370. The van der Waals surface area contributed by atoms with Crippen molar-refractivity contribution in [2.75, 3.05) is 38.0 Å². The second kappa shape index (κ2) is 15.4. The van der Waals surface area contributed by atoms with Crippen LogP contribution in [0.2, 0.25) is 0 Å². The first-order valence-electron chi connectivity index (χ1n) is 11.9. The van der Waals surface area contributed by atoms with Crippen molar-refractivity contribution >= 4 is 23.4 Å². The number of hydroxylamine groups is 1. The van der Waals surface area contributed by atoms with Gasteiger partial charge in [-0.15, -0.1) is 0 Å². The predicted molar refractivity (Wildman–Crippen MR) is 143 cm³/mol. The molecule has 1 aliphatic heterocycles. The number of amides is 3. The minimum Gasteiger partial charge on any atom is -0.339 e. The summed E-state index contributed by atoms with van der Waals surface area (Å²) < 4.78 is 0. The Morgan fingerprint density at radius 2 is 1.70 bits per heavy atom. The van der Waals surface area contributed by atoms with E-state index in [0.717, 1.165) is 25.2 Å². The minimum absolute atomic E-state index is 0. The van der Waals surface area contributed by atoms with Crippen molar-refractivity contribution < 1.29 is 19.6 Å². The van der Waals surface area contributed by atoms with Gasteiger partial charge in [0.1, 0.15) is 6.04 Å². The molecule has 37 heavy (non-hydrogen) atoms. The fourth-order valence-corrected chi connectivity index (χ4v) is 3.73. The van der Waals surface area contributed by atoms with E-state index in [4.69, 9.17) is 10.9 Å². The van der Waals surface area contributed by atoms with Crippen molar-refractivity contribution in [1.29, 1.82) is 0 Å². The van der Waals surface area contributed by atoms with Crippen LogP contribution in [0.25, 0.3) is 0 Å². The molecule has 0 spiro atoms. The average Bonchev–Trinajstić information content (AvgIpc) is 2.91. The smallest absolute Gasteiger partial charge is 0.267 e. The maximum Gasteiger partial charge on any atom is 0.267 e. The Bertz CT molecular complexity index is 1090. The first-order chi connectivity index (χ1) is 17.5. The lowest BCUT2D eigenvalue weighted by Gasteiger charge is -2.22. The highest BCUT2D eigenvalue weighted by molar-refractivity contribution is 5.97. The third-order valence-corrected chi connectivity index (χ3v) is 5.75. The van der Waals surface area contributed by atoms with Crippen LogP contribution in [0, 0.1) is 17.8 Å². The van der Waals surface area contributed by atoms with Gasteiger partial charge in [0.15, 0.2) is 0 Å². The van der Waals surface area contributed by atoms with Crippen molar-refractivity contribution in [2.24, 2.45) is 11.7 Å². The van der Waals surface area contributed by atoms with E-state index in [0.29, 0.717) is 22.7 Å². The van der Waals surface area contributed by atoms with Crippen LogP contribution in [-0.4, -0.2) is 61.7 Å². The molecular formula is C27H36N6O4. The zero-order valence-electron chi connectivity index (χ0n) is 20.0. The standard InChI is InChI=1S/C26H32N6O4.CH4/c27-14-23(26(35)32-36)31-25(34)21-9-5-18(6-10-21)3-4-19-7-11-22(12-8-19)30-24(33)17-29-16-20-2-1-13-28-15-20;/h5-12,20,23,28-29,36H,1-2,13-17,27H2,(H,30,33)(H,31,34)(H,32,35);1H4/t20?,23-;/m0./s1. The van der Waals surface area contributed by atoms with E-state index in [1.807, 2.05) is 12.1 Å². The van der Waals surface area contributed by atoms with Crippen LogP contribution in [-0.2, 0) is 9.59 Å². The van der Waals surface area contributed by atoms with Gasteiger partial charge in [-0.2, -0.15) is 0 Å². The molecule has 198 valence electrons. The molecule has 2 aromatic rings. The maximum absolute atomic E-state index is 12.3. The summed E-state index contributed by atoms with van der Waals surface area (Å²) in [6.07, 6.45) is 2.36. The molecule has 1 aliphatic rings. The number of carbonyl (C=O) groups is 3. The van der Waals surface area contributed by atoms with Gasteiger partial charge in [-0.1, -0.05) is 19.3 Å². The van der Waals surface area contributed by atoms with Crippen LogP contribution in [0.15, 0.2) is 48.5 Å². The normalized spacial score (nSPS) is 15.2. The van der Waals surface area contributed by atoms with Gasteiger partial charge in [0.2, 0.25) is 5.91 Å². The second-order valence-corrected chi connectivity index (χ2v) is 8.53. The average molecular weight is 509 g/mol. The zero-order chi connectivity index (χ0) is 25.8. The third kappa shape index (κ3) is 9.67. The Morgan fingerprint density at radius 1 is 1.05 bits per heavy atom. The number of nitrogens with one attached hydrogen (secondary N) is 5. The summed E-state index contributed by atoms with van der Waals surface area (Å²) >= 11 is 0. The molecule has 3 rings (SSSR count). The number of carbonyl (C=O) groups excluding carboxylic acids is 3. The molecule has 0 aromatic heterocycles. The van der Waals surface area contributed by atoms with E-state index >= 15 is 0 Å². The number of nitrogens with two attached hydrogens (primary N) is 1. The summed E-state index contributed by atoms with van der Waals surface area (Å²) in [4.78, 5) is 35.9. The first kappa shape index (κ1) is 29.5. The molecule has 0 bridgehead atoms. The van der Waals surface area contributed by atoms with Crippen LogP contribution < -0.4 is 32.5 Å². The number of piperidine rings is 1. The zero-order valence-corrected chi connectivity index (χ0v) is 20.0. The van der Waals surface area contributed by atoms with E-state index in [-0.39, 0.29) is 26.4 Å². The van der Waals surface area contributed by atoms with Crippen molar-refractivity contribution in [3.05, 3.63) is 65.2 Å². The van der Waals surface area contributed by atoms with E-state index in [1.54, 1.807) is 36.4 Å². The Labute approximate surface area is 217 Å². The molecule has 10 heteroatoms. The van der Waals surface area contributed by atoms with E-state index < -0.39 is 17.9 Å². The molecule has 10 nitrogen and oxygen atoms in total. The first-order valence-corrected chi connectivity index (χ1v) is 11.9. The molecule has 8 N–H and O–H groups in total. The maximum atomic E-state index is 12.3. The van der Waals surface area contributed by atoms with E-state index in [9.17, 15) is 14.4 Å². The minimum atomic E-state index is -1.04. The lowest BCUT2D eigenvalue weighted by Crippen LogP contribution is -2.50. The summed E-state index contributed by atoms with van der Waals surface area (Å²) in [6, 6.07) is 12.8. The largest absolute Gasteiger partial charge is 0.339 e. The highest BCUT2D eigenvalue weighted by Gasteiger charge is 2.19. The summed E-state index contributed by atoms with van der Waals surface area (Å²) in [5, 5.41) is 20.6. The Morgan fingerprint density at radius 3 is 2.27 bits per heavy atom. The molecule has 0 aliphatic carbocycles. The van der Waals surface area contributed by atoms with Gasteiger partial charge in [-0.05, 0) is 86.9 Å². The molecule has 0 saturated carbocycles. The van der Waals surface area contributed by atoms with Crippen LogP contribution in [0.5, 0.6) is 0 Å². The highest BCUT2D eigenvalue weighted by atomic mass is 16.5. The fourth-order valence-electron chi connectivity index (χ4n) is 3.73. The topological polar surface area (TPSA) is 158 Å². The highest BCUT2D eigenvalue weighted by Crippen LogP contribution is 2.10. The van der Waals surface area contributed by atoms with Gasteiger partial charge in [-0.3, -0.25) is 19.6 Å². The number of anilines is 1. The van der Waals surface area contributed by atoms with Crippen LogP contribution >= 0.6 is 0 Å². The van der Waals surface area contributed by atoms with Gasteiger partial charge in [0.05, 0.1) is 6.54 Å². The van der Waals surface area contributed by atoms with Crippen molar-refractivity contribution in [1.82, 2.24) is 21.4 Å². The second-order valence-electron chi connectivity index (χ2n) is 8.53. The number of hydrogen-bond acceptors (Lipinski definition) is 7. The Hall–Kier alpha value is -3.75. The predicted octanol–water partition coefficient (Wildman–Crippen LogP) is 0.813. The van der Waals surface area contributed by atoms with Crippen LogP contribution in [0.3, 0.4) is 0 Å². The van der Waals surface area contributed by atoms with Gasteiger partial charge >= 0.3 is 0 Å². The molecule has 1 fully saturated rings. The lowest BCUT2D eigenvalue weighted by molar-refractivity contribution is -0.130. The van der Waals surface area contributed by atoms with E-state index in [1.165, 1.54) is 18.3 Å². The van der Waals surface area contributed by atoms with Gasteiger partial charge in [0, 0.05) is 28.9 Å². The SMILES string of the molecule is C.NC[C@H](NC(=O)c1ccc(C#Cc2ccc(NC(=O)CNCC3CCCNC3)cc2)cc1)C(=O)NO. The van der Waals surface area contributed by atoms with E-state index in [2.05, 4.69) is 33.1 Å². The number of benzene rings is 2. The summed E-state index contributed by atoms with van der Waals surface area (Å²) in [7, 11) is 0. The van der Waals surface area contributed by atoms with Gasteiger partial charge in [0.25, 0.3) is 11.8 Å². The molecule has 1 heterocycles. The van der Waals surface area contributed by atoms with Crippen molar-refractivity contribution in [2.45, 2.75) is 26.3 Å². The number of rotatable bonds is 9. The van der Waals surface area contributed by atoms with Crippen LogP contribution in [0.1, 0.15) is 41.8 Å². The Kier molecular flexibility index (Phi) is 12.3. The van der Waals surface area contributed by atoms with Gasteiger partial charge < -0.3 is 27.0 Å². The monoisotopic (exact) mass is 508 g/mol. The number of hydrogen-bond donors (Lipinski definition) is 7. The molecule has 2 atom stereocenters. The summed E-state index contributed by atoms with van der Waals surface area (Å²) in [5.41, 5.74) is 9.42. The quantitative estimate of drug-likeness (QED) is 0.150. The van der Waals surface area contributed by atoms with Gasteiger partial charge in [-0.25, -0.2) is 5.48 Å². The van der Waals surface area contributed by atoms with Crippen molar-refractivity contribution in [3.63, 3.8) is 0 Å². The molecule has 3 amide bonds. The molecule has 2 aromatic carbocycles. The summed E-state index contributed by atoms with van der Waals surface area (Å²) in [6.45, 7) is 3.02. The molecular weight excluding hydrogens is 472 g/mol. The lowest BCUT2D eigenvalue weighted by atomic mass is 10.00. The Balaban J connectivity index is 0.00000481. The third-order valence-electron chi connectivity index (χ3n) is 5.75. The van der Waals surface area contributed by atoms with Crippen molar-refractivity contribution in [3.8, 4) is 11.8 Å². The summed E-state index contributed by atoms with van der Waals surface area (Å²) in [5.74, 6) is 5.27.